The maximum atomic E-state index is 12.0. The van der Waals surface area contributed by atoms with E-state index in [1.807, 2.05) is 13.8 Å². The van der Waals surface area contributed by atoms with Gasteiger partial charge in [0.2, 0.25) is 0 Å². The summed E-state index contributed by atoms with van der Waals surface area (Å²) in [5, 5.41) is 0. The minimum absolute atomic E-state index is 0.186. The van der Waals surface area contributed by atoms with Crippen molar-refractivity contribution in [3.63, 3.8) is 0 Å². The van der Waals surface area contributed by atoms with Gasteiger partial charge < -0.3 is 4.74 Å². The van der Waals surface area contributed by atoms with Gasteiger partial charge in [-0.15, -0.1) is 0 Å². The van der Waals surface area contributed by atoms with Crippen LogP contribution in [-0.4, -0.2) is 32.6 Å². The van der Waals surface area contributed by atoms with Crippen molar-refractivity contribution in [3.8, 4) is 0 Å². The smallest absolute Gasteiger partial charge is 0.325 e. The molecule has 0 aromatic rings. The molecule has 6 nitrogen and oxygen atoms in total. The van der Waals surface area contributed by atoms with E-state index in [4.69, 9.17) is 4.74 Å². The zero-order valence-corrected chi connectivity index (χ0v) is 14.3. The maximum absolute atomic E-state index is 12.0. The second kappa shape index (κ2) is 7.38. The third-order valence-electron chi connectivity index (χ3n) is 2.29. The predicted octanol–water partition coefficient (Wildman–Crippen LogP) is 1.43. The van der Waals surface area contributed by atoms with E-state index in [2.05, 4.69) is 9.44 Å². The molecule has 0 unspecified atom stereocenters. The van der Waals surface area contributed by atoms with E-state index in [0.29, 0.717) is 6.54 Å². The summed E-state index contributed by atoms with van der Waals surface area (Å²) in [6, 6.07) is -0.904. The van der Waals surface area contributed by atoms with Gasteiger partial charge in [-0.2, -0.15) is 13.1 Å². The van der Waals surface area contributed by atoms with E-state index in [-0.39, 0.29) is 11.8 Å². The Morgan fingerprint density at radius 3 is 2.00 bits per heavy atom. The molecule has 0 amide bonds. The van der Waals surface area contributed by atoms with E-state index in [9.17, 15) is 13.2 Å². The van der Waals surface area contributed by atoms with Crippen LogP contribution >= 0.6 is 0 Å². The SMILES string of the molecule is CC(C)CNS(=O)(=O)N[C@@H](C(=O)OC(C)(C)C)C(C)C. The lowest BCUT2D eigenvalue weighted by atomic mass is 10.1. The normalized spacial score (nSPS) is 14.7. The van der Waals surface area contributed by atoms with Crippen molar-refractivity contribution in [3.05, 3.63) is 0 Å². The fraction of sp³-hybridized carbons (Fsp3) is 0.923. The number of rotatable bonds is 7. The molecular weight excluding hydrogens is 280 g/mol. The molecule has 0 radical (unpaired) electrons. The quantitative estimate of drug-likeness (QED) is 0.697. The Morgan fingerprint density at radius 2 is 1.65 bits per heavy atom. The molecule has 20 heavy (non-hydrogen) atoms. The van der Waals surface area contributed by atoms with E-state index < -0.39 is 27.8 Å². The van der Waals surface area contributed by atoms with Gasteiger partial charge >= 0.3 is 5.97 Å². The summed E-state index contributed by atoms with van der Waals surface area (Å²) in [6.07, 6.45) is 0. The van der Waals surface area contributed by atoms with Gasteiger partial charge in [-0.3, -0.25) is 4.79 Å². The van der Waals surface area contributed by atoms with E-state index in [1.54, 1.807) is 34.6 Å². The topological polar surface area (TPSA) is 84.5 Å². The maximum Gasteiger partial charge on any atom is 0.325 e. The molecule has 0 heterocycles. The summed E-state index contributed by atoms with van der Waals surface area (Å²) in [4.78, 5) is 12.0. The Hall–Kier alpha value is -0.660. The van der Waals surface area contributed by atoms with Crippen LogP contribution in [-0.2, 0) is 19.7 Å². The van der Waals surface area contributed by atoms with Crippen LogP contribution in [0.3, 0.4) is 0 Å². The lowest BCUT2D eigenvalue weighted by Gasteiger charge is -2.26. The van der Waals surface area contributed by atoms with Crippen LogP contribution in [0, 0.1) is 11.8 Å². The highest BCUT2D eigenvalue weighted by molar-refractivity contribution is 7.87. The van der Waals surface area contributed by atoms with Crippen molar-refractivity contribution >= 4 is 16.2 Å². The second-order valence-corrected chi connectivity index (χ2v) is 8.15. The zero-order valence-electron chi connectivity index (χ0n) is 13.5. The molecule has 7 heteroatoms. The molecule has 0 aliphatic rings. The monoisotopic (exact) mass is 308 g/mol. The van der Waals surface area contributed by atoms with Crippen molar-refractivity contribution in [2.24, 2.45) is 11.8 Å². The minimum atomic E-state index is -3.72. The summed E-state index contributed by atoms with van der Waals surface area (Å²) < 4.78 is 33.8. The van der Waals surface area contributed by atoms with Crippen LogP contribution < -0.4 is 9.44 Å². The molecule has 2 N–H and O–H groups in total. The van der Waals surface area contributed by atoms with E-state index in [1.165, 1.54) is 0 Å². The van der Waals surface area contributed by atoms with Gasteiger partial charge in [-0.1, -0.05) is 27.7 Å². The first kappa shape index (κ1) is 19.3. The summed E-state index contributed by atoms with van der Waals surface area (Å²) in [6.45, 7) is 12.9. The second-order valence-electron chi connectivity index (χ2n) is 6.62. The van der Waals surface area contributed by atoms with Gasteiger partial charge in [0.1, 0.15) is 11.6 Å². The molecular formula is C13H28N2O4S. The molecule has 0 aliphatic heterocycles. The fourth-order valence-corrected chi connectivity index (χ4v) is 2.65. The van der Waals surface area contributed by atoms with E-state index >= 15 is 0 Å². The molecule has 0 saturated carbocycles. The summed E-state index contributed by atoms with van der Waals surface area (Å²) in [5.41, 5.74) is -0.652. The highest BCUT2D eigenvalue weighted by atomic mass is 32.2. The van der Waals surface area contributed by atoms with Crippen molar-refractivity contribution in [1.29, 1.82) is 0 Å². The average Bonchev–Trinajstić information content (AvgIpc) is 2.20. The number of carbonyl (C=O) groups excluding carboxylic acids is 1. The predicted molar refractivity (Wildman–Crippen MR) is 79.4 cm³/mol. The molecule has 0 spiro atoms. The lowest BCUT2D eigenvalue weighted by Crippen LogP contribution is -2.51. The molecule has 1 atom stereocenters. The molecule has 0 aromatic heterocycles. The molecule has 0 bridgehead atoms. The highest BCUT2D eigenvalue weighted by Crippen LogP contribution is 2.12. The largest absolute Gasteiger partial charge is 0.459 e. The van der Waals surface area contributed by atoms with Crippen molar-refractivity contribution in [2.45, 2.75) is 60.1 Å². The number of hydrogen-bond donors (Lipinski definition) is 2. The van der Waals surface area contributed by atoms with Gasteiger partial charge in [0.15, 0.2) is 0 Å². The van der Waals surface area contributed by atoms with Crippen molar-refractivity contribution in [2.75, 3.05) is 6.54 Å². The average molecular weight is 308 g/mol. The Morgan fingerprint density at radius 1 is 1.15 bits per heavy atom. The van der Waals surface area contributed by atoms with Gasteiger partial charge in [0.05, 0.1) is 0 Å². The number of esters is 1. The van der Waals surface area contributed by atoms with Crippen molar-refractivity contribution in [1.82, 2.24) is 9.44 Å². The molecule has 0 fully saturated rings. The Bertz CT molecular complexity index is 411. The molecule has 0 rings (SSSR count). The van der Waals surface area contributed by atoms with Gasteiger partial charge in [-0.05, 0) is 32.6 Å². The molecule has 0 aromatic carbocycles. The Balaban J connectivity index is 4.82. The van der Waals surface area contributed by atoms with Gasteiger partial charge in [0, 0.05) is 6.54 Å². The number of hydrogen-bond acceptors (Lipinski definition) is 4. The Labute approximate surface area is 122 Å². The minimum Gasteiger partial charge on any atom is -0.459 e. The van der Waals surface area contributed by atoms with Gasteiger partial charge in [-0.25, -0.2) is 4.72 Å². The molecule has 120 valence electrons. The third-order valence-corrected chi connectivity index (χ3v) is 3.40. The standard InChI is InChI=1S/C13H28N2O4S/c1-9(2)8-14-20(17,18)15-11(10(3)4)12(16)19-13(5,6)7/h9-11,14-15H,8H2,1-7H3/t11-/m1/s1. The first-order chi connectivity index (χ1) is 8.84. The zero-order chi connectivity index (χ0) is 16.1. The first-order valence-electron chi connectivity index (χ1n) is 6.84. The summed E-state index contributed by atoms with van der Waals surface area (Å²) in [7, 11) is -3.72. The van der Waals surface area contributed by atoms with Crippen LogP contribution in [0.25, 0.3) is 0 Å². The lowest BCUT2D eigenvalue weighted by molar-refractivity contribution is -0.158. The summed E-state index contributed by atoms with van der Waals surface area (Å²) in [5.74, 6) is -0.589. The molecule has 0 saturated heterocycles. The number of nitrogens with one attached hydrogen (secondary N) is 2. The van der Waals surface area contributed by atoms with Crippen LogP contribution in [0.1, 0.15) is 48.5 Å². The van der Waals surface area contributed by atoms with Crippen molar-refractivity contribution < 1.29 is 17.9 Å². The highest BCUT2D eigenvalue weighted by Gasteiger charge is 2.31. The van der Waals surface area contributed by atoms with Crippen LogP contribution in [0.4, 0.5) is 0 Å². The fourth-order valence-electron chi connectivity index (χ4n) is 1.31. The summed E-state index contributed by atoms with van der Waals surface area (Å²) >= 11 is 0. The van der Waals surface area contributed by atoms with Crippen LogP contribution in [0.5, 0.6) is 0 Å². The van der Waals surface area contributed by atoms with E-state index in [0.717, 1.165) is 0 Å². The number of ether oxygens (including phenoxy) is 1. The van der Waals surface area contributed by atoms with Crippen LogP contribution in [0.2, 0.25) is 0 Å². The third kappa shape index (κ3) is 8.50. The van der Waals surface area contributed by atoms with Crippen LogP contribution in [0.15, 0.2) is 0 Å². The van der Waals surface area contributed by atoms with Gasteiger partial charge in [0.25, 0.3) is 10.2 Å². The Kier molecular flexibility index (Phi) is 7.13. The molecule has 0 aliphatic carbocycles. The number of carbonyl (C=O) groups is 1. The first-order valence-corrected chi connectivity index (χ1v) is 8.32.